The third-order valence-electron chi connectivity index (χ3n) is 4.49. The van der Waals surface area contributed by atoms with Crippen molar-refractivity contribution >= 4 is 22.8 Å². The van der Waals surface area contributed by atoms with Crippen LogP contribution in [0.25, 0.3) is 11.1 Å². The maximum atomic E-state index is 12.5. The van der Waals surface area contributed by atoms with Gasteiger partial charge in [0.1, 0.15) is 5.52 Å². The summed E-state index contributed by atoms with van der Waals surface area (Å²) in [5.74, 6) is 1.04. The number of rotatable bonds is 2. The molecule has 2 aromatic carbocycles. The highest BCUT2D eigenvalue weighted by molar-refractivity contribution is 5.91. The molecule has 5 heteroatoms. The van der Waals surface area contributed by atoms with Gasteiger partial charge in [-0.2, -0.15) is 0 Å². The van der Waals surface area contributed by atoms with Crippen molar-refractivity contribution in [3.8, 4) is 0 Å². The summed E-state index contributed by atoms with van der Waals surface area (Å²) in [5, 5.41) is 2.96. The molecular formula is C19H19N3O2. The number of carbonyl (C=O) groups is 1. The molecule has 1 aliphatic rings. The lowest BCUT2D eigenvalue weighted by atomic mass is 9.99. The van der Waals surface area contributed by atoms with Crippen LogP contribution in [0.3, 0.4) is 0 Å². The molecule has 1 saturated heterocycles. The van der Waals surface area contributed by atoms with Gasteiger partial charge in [0.25, 0.3) is 0 Å². The number of hydrogen-bond donors (Lipinski definition) is 1. The normalized spacial score (nSPS) is 17.4. The Labute approximate surface area is 140 Å². The lowest BCUT2D eigenvalue weighted by Crippen LogP contribution is -2.32. The number of hydrogen-bond acceptors (Lipinski definition) is 3. The smallest absolute Gasteiger partial charge is 0.321 e. The van der Waals surface area contributed by atoms with Gasteiger partial charge < -0.3 is 14.6 Å². The van der Waals surface area contributed by atoms with Gasteiger partial charge >= 0.3 is 6.03 Å². The van der Waals surface area contributed by atoms with Gasteiger partial charge in [-0.1, -0.05) is 30.3 Å². The maximum absolute atomic E-state index is 12.5. The van der Waals surface area contributed by atoms with Crippen LogP contribution >= 0.6 is 0 Å². The zero-order valence-corrected chi connectivity index (χ0v) is 13.5. The van der Waals surface area contributed by atoms with Gasteiger partial charge in [0.05, 0.1) is 0 Å². The van der Waals surface area contributed by atoms with Crippen molar-refractivity contribution in [1.29, 1.82) is 0 Å². The summed E-state index contributed by atoms with van der Waals surface area (Å²) >= 11 is 0. The van der Waals surface area contributed by atoms with Gasteiger partial charge in [-0.3, -0.25) is 0 Å². The molecule has 0 radical (unpaired) electrons. The fraction of sp³-hybridized carbons (Fsp3) is 0.263. The van der Waals surface area contributed by atoms with E-state index in [2.05, 4.69) is 22.4 Å². The molecule has 1 aromatic heterocycles. The molecule has 5 nitrogen and oxygen atoms in total. The molecule has 1 fully saturated rings. The number of anilines is 1. The number of nitrogens with zero attached hydrogens (tertiary/aromatic N) is 2. The quantitative estimate of drug-likeness (QED) is 0.771. The molecule has 2 amide bonds. The van der Waals surface area contributed by atoms with Crippen LogP contribution in [0.4, 0.5) is 10.5 Å². The van der Waals surface area contributed by atoms with Crippen LogP contribution in [0.5, 0.6) is 0 Å². The highest BCUT2D eigenvalue weighted by atomic mass is 16.3. The average molecular weight is 321 g/mol. The molecule has 24 heavy (non-hydrogen) atoms. The minimum atomic E-state index is -0.0620. The molecule has 4 rings (SSSR count). The molecule has 122 valence electrons. The molecule has 2 heterocycles. The van der Waals surface area contributed by atoms with Crippen LogP contribution < -0.4 is 5.32 Å². The predicted octanol–water partition coefficient (Wildman–Crippen LogP) is 4.16. The van der Waals surface area contributed by atoms with E-state index in [1.807, 2.05) is 48.2 Å². The number of aryl methyl sites for hydroxylation is 1. The molecule has 0 aliphatic carbocycles. The maximum Gasteiger partial charge on any atom is 0.321 e. The summed E-state index contributed by atoms with van der Waals surface area (Å²) in [7, 11) is 0. The summed E-state index contributed by atoms with van der Waals surface area (Å²) in [6.07, 6.45) is 0.999. The van der Waals surface area contributed by atoms with Gasteiger partial charge in [0, 0.05) is 31.6 Å². The number of amides is 2. The minimum Gasteiger partial charge on any atom is -0.441 e. The number of oxazole rings is 1. The van der Waals surface area contributed by atoms with E-state index < -0.39 is 0 Å². The molecule has 0 bridgehead atoms. The lowest BCUT2D eigenvalue weighted by molar-refractivity contribution is 0.222. The van der Waals surface area contributed by atoms with Crippen molar-refractivity contribution in [2.45, 2.75) is 19.3 Å². The van der Waals surface area contributed by atoms with Crippen LogP contribution in [0.15, 0.2) is 52.9 Å². The number of carbonyl (C=O) groups excluding carboxylic acids is 1. The topological polar surface area (TPSA) is 58.4 Å². The minimum absolute atomic E-state index is 0.0620. The third-order valence-corrected chi connectivity index (χ3v) is 4.49. The number of nitrogens with one attached hydrogen (secondary N) is 1. The van der Waals surface area contributed by atoms with Crippen molar-refractivity contribution in [1.82, 2.24) is 9.88 Å². The van der Waals surface area contributed by atoms with Gasteiger partial charge in [0.2, 0.25) is 0 Å². The standard InChI is InChI=1S/C19H19N3O2/c1-13-20-17-11-16(7-8-18(17)24-13)21-19(23)22-10-9-15(12-22)14-5-3-2-4-6-14/h2-8,11,15H,9-10,12H2,1H3,(H,21,23)/t15-/m1/s1. The fourth-order valence-corrected chi connectivity index (χ4v) is 3.26. The van der Waals surface area contributed by atoms with Gasteiger partial charge in [-0.15, -0.1) is 0 Å². The SMILES string of the molecule is Cc1nc2cc(NC(=O)N3CC[C@@H](c4ccccc4)C3)ccc2o1. The van der Waals surface area contributed by atoms with E-state index in [-0.39, 0.29) is 6.03 Å². The molecule has 0 spiro atoms. The number of likely N-dealkylation sites (tertiary alicyclic amines) is 1. The second-order valence-corrected chi connectivity index (χ2v) is 6.19. The van der Waals surface area contributed by atoms with Gasteiger partial charge in [-0.05, 0) is 30.2 Å². The first-order chi connectivity index (χ1) is 11.7. The Morgan fingerprint density at radius 1 is 1.25 bits per heavy atom. The van der Waals surface area contributed by atoms with Gasteiger partial charge in [-0.25, -0.2) is 9.78 Å². The zero-order valence-electron chi connectivity index (χ0n) is 13.5. The van der Waals surface area contributed by atoms with E-state index in [0.29, 0.717) is 11.8 Å². The number of fused-ring (bicyclic) bond motifs is 1. The van der Waals surface area contributed by atoms with E-state index >= 15 is 0 Å². The largest absolute Gasteiger partial charge is 0.441 e. The summed E-state index contributed by atoms with van der Waals surface area (Å²) < 4.78 is 5.46. The third kappa shape index (κ3) is 2.85. The fourth-order valence-electron chi connectivity index (χ4n) is 3.26. The van der Waals surface area contributed by atoms with Crippen molar-refractivity contribution in [2.24, 2.45) is 0 Å². The molecule has 3 aromatic rings. The Kier molecular flexibility index (Phi) is 3.69. The second kappa shape index (κ2) is 6.00. The van der Waals surface area contributed by atoms with Crippen LogP contribution in [0.1, 0.15) is 23.8 Å². The first-order valence-electron chi connectivity index (χ1n) is 8.17. The molecule has 0 saturated carbocycles. The number of urea groups is 1. The molecule has 1 aliphatic heterocycles. The molecular weight excluding hydrogens is 302 g/mol. The summed E-state index contributed by atoms with van der Waals surface area (Å²) in [6, 6.07) is 15.8. The van der Waals surface area contributed by atoms with E-state index in [1.54, 1.807) is 0 Å². The van der Waals surface area contributed by atoms with Crippen molar-refractivity contribution in [3.05, 3.63) is 60.0 Å². The van der Waals surface area contributed by atoms with Crippen LogP contribution in [-0.2, 0) is 0 Å². The zero-order chi connectivity index (χ0) is 16.5. The number of benzene rings is 2. The Bertz CT molecular complexity index is 873. The van der Waals surface area contributed by atoms with Crippen LogP contribution in [0, 0.1) is 6.92 Å². The van der Waals surface area contributed by atoms with E-state index in [4.69, 9.17) is 4.42 Å². The van der Waals surface area contributed by atoms with Crippen LogP contribution in [0.2, 0.25) is 0 Å². The molecule has 1 atom stereocenters. The molecule has 0 unspecified atom stereocenters. The van der Waals surface area contributed by atoms with Crippen molar-refractivity contribution in [2.75, 3.05) is 18.4 Å². The second-order valence-electron chi connectivity index (χ2n) is 6.19. The summed E-state index contributed by atoms with van der Waals surface area (Å²) in [4.78, 5) is 18.7. The number of aromatic nitrogens is 1. The monoisotopic (exact) mass is 321 g/mol. The first-order valence-corrected chi connectivity index (χ1v) is 8.17. The Morgan fingerprint density at radius 2 is 2.08 bits per heavy atom. The van der Waals surface area contributed by atoms with Gasteiger partial charge in [0.15, 0.2) is 11.5 Å². The highest BCUT2D eigenvalue weighted by Crippen LogP contribution is 2.27. The van der Waals surface area contributed by atoms with Crippen molar-refractivity contribution < 1.29 is 9.21 Å². The van der Waals surface area contributed by atoms with Crippen molar-refractivity contribution in [3.63, 3.8) is 0 Å². The Morgan fingerprint density at radius 3 is 2.92 bits per heavy atom. The highest BCUT2D eigenvalue weighted by Gasteiger charge is 2.27. The Balaban J connectivity index is 1.44. The van der Waals surface area contributed by atoms with E-state index in [9.17, 15) is 4.79 Å². The average Bonchev–Trinajstić information content (AvgIpc) is 3.21. The predicted molar refractivity (Wildman–Crippen MR) is 93.1 cm³/mol. The van der Waals surface area contributed by atoms with Crippen LogP contribution in [-0.4, -0.2) is 29.0 Å². The first kappa shape index (κ1) is 14.8. The summed E-state index contributed by atoms with van der Waals surface area (Å²) in [5.41, 5.74) is 3.53. The van der Waals surface area contributed by atoms with E-state index in [1.165, 1.54) is 5.56 Å². The summed E-state index contributed by atoms with van der Waals surface area (Å²) in [6.45, 7) is 3.34. The van der Waals surface area contributed by atoms with E-state index in [0.717, 1.165) is 36.3 Å². The Hall–Kier alpha value is -2.82. The lowest BCUT2D eigenvalue weighted by Gasteiger charge is -2.17. The molecule has 1 N–H and O–H groups in total.